The second-order valence-electron chi connectivity index (χ2n) is 6.74. The maximum Gasteiger partial charge on any atom is 0.252 e. The van der Waals surface area contributed by atoms with Crippen LogP contribution < -0.4 is 15.8 Å². The van der Waals surface area contributed by atoms with Gasteiger partial charge in [-0.05, 0) is 30.5 Å². The van der Waals surface area contributed by atoms with Crippen LogP contribution in [0.5, 0.6) is 0 Å². The van der Waals surface area contributed by atoms with Crippen LogP contribution in [0.3, 0.4) is 0 Å². The molecule has 0 saturated carbocycles. The van der Waals surface area contributed by atoms with Crippen molar-refractivity contribution in [1.82, 2.24) is 10.3 Å². The number of anilines is 1. The molecule has 1 saturated heterocycles. The van der Waals surface area contributed by atoms with Crippen molar-refractivity contribution < 1.29 is 4.79 Å². The maximum atomic E-state index is 12.6. The van der Waals surface area contributed by atoms with Gasteiger partial charge in [0.15, 0.2) is 0 Å². The summed E-state index contributed by atoms with van der Waals surface area (Å²) >= 11 is 0. The van der Waals surface area contributed by atoms with Crippen molar-refractivity contribution in [3.63, 3.8) is 0 Å². The number of rotatable bonds is 4. The molecule has 3 aromatic rings. The van der Waals surface area contributed by atoms with Crippen molar-refractivity contribution in [1.29, 1.82) is 0 Å². The number of carbonyl (C=O) groups is 1. The Bertz CT molecular complexity index is 981. The van der Waals surface area contributed by atoms with Gasteiger partial charge in [-0.25, -0.2) is 0 Å². The third-order valence-electron chi connectivity index (χ3n) is 4.95. The Labute approximate surface area is 151 Å². The first-order valence-corrected chi connectivity index (χ1v) is 8.91. The predicted molar refractivity (Wildman–Crippen MR) is 104 cm³/mol. The van der Waals surface area contributed by atoms with E-state index in [-0.39, 0.29) is 11.5 Å². The van der Waals surface area contributed by atoms with Gasteiger partial charge in [0.05, 0.1) is 5.56 Å². The number of benzene rings is 2. The first kappa shape index (κ1) is 16.4. The van der Waals surface area contributed by atoms with Gasteiger partial charge in [0, 0.05) is 42.3 Å². The van der Waals surface area contributed by atoms with Gasteiger partial charge in [0.1, 0.15) is 0 Å². The first-order valence-electron chi connectivity index (χ1n) is 8.91. The number of hydrogen-bond acceptors (Lipinski definition) is 3. The zero-order valence-corrected chi connectivity index (χ0v) is 14.4. The van der Waals surface area contributed by atoms with Gasteiger partial charge < -0.3 is 15.2 Å². The molecular weight excluding hydrogens is 326 g/mol. The molecule has 0 spiro atoms. The van der Waals surface area contributed by atoms with Gasteiger partial charge in [-0.3, -0.25) is 9.59 Å². The van der Waals surface area contributed by atoms with Gasteiger partial charge in [-0.1, -0.05) is 36.4 Å². The molecule has 0 aliphatic carbocycles. The number of carbonyl (C=O) groups excluding carboxylic acids is 1. The van der Waals surface area contributed by atoms with Crippen molar-refractivity contribution in [3.8, 4) is 0 Å². The summed E-state index contributed by atoms with van der Waals surface area (Å²) in [5, 5.41) is 3.78. The molecule has 5 heteroatoms. The normalized spacial score (nSPS) is 16.8. The summed E-state index contributed by atoms with van der Waals surface area (Å²) < 4.78 is 0. The zero-order chi connectivity index (χ0) is 17.9. The van der Waals surface area contributed by atoms with Crippen LogP contribution in [0.15, 0.2) is 65.5 Å². The van der Waals surface area contributed by atoms with Crippen LogP contribution in [0.4, 0.5) is 5.69 Å². The van der Waals surface area contributed by atoms with Crippen molar-refractivity contribution in [2.45, 2.75) is 6.42 Å². The molecule has 2 aromatic carbocycles. The molecule has 132 valence electrons. The molecule has 0 bridgehead atoms. The molecule has 0 unspecified atom stereocenters. The van der Waals surface area contributed by atoms with Crippen LogP contribution in [0.25, 0.3) is 10.9 Å². The lowest BCUT2D eigenvalue weighted by molar-refractivity contribution is 0.0949. The number of nitrogens with one attached hydrogen (secondary N) is 2. The zero-order valence-electron chi connectivity index (χ0n) is 14.4. The van der Waals surface area contributed by atoms with Crippen LogP contribution in [0.1, 0.15) is 16.8 Å². The number of para-hydroxylation sites is 2. The second kappa shape index (κ2) is 7.04. The lowest BCUT2D eigenvalue weighted by Gasteiger charge is -2.18. The lowest BCUT2D eigenvalue weighted by Crippen LogP contribution is -2.31. The molecule has 1 aromatic heterocycles. The first-order chi connectivity index (χ1) is 12.7. The number of nitrogens with zero attached hydrogens (tertiary/aromatic N) is 1. The fourth-order valence-corrected chi connectivity index (χ4v) is 3.60. The molecule has 26 heavy (non-hydrogen) atoms. The third-order valence-corrected chi connectivity index (χ3v) is 4.95. The van der Waals surface area contributed by atoms with E-state index in [1.165, 1.54) is 11.8 Å². The summed E-state index contributed by atoms with van der Waals surface area (Å²) in [6.45, 7) is 2.54. The van der Waals surface area contributed by atoms with Crippen molar-refractivity contribution in [2.75, 3.05) is 24.5 Å². The monoisotopic (exact) mass is 347 g/mol. The minimum atomic E-state index is -0.259. The summed E-state index contributed by atoms with van der Waals surface area (Å²) in [4.78, 5) is 29.6. The van der Waals surface area contributed by atoms with Gasteiger partial charge in [0.25, 0.3) is 5.91 Å². The van der Waals surface area contributed by atoms with Crippen LogP contribution in [-0.4, -0.2) is 30.5 Å². The number of aromatic nitrogens is 1. The molecular formula is C21H21N3O2. The topological polar surface area (TPSA) is 65.2 Å². The summed E-state index contributed by atoms with van der Waals surface area (Å²) in [6, 6.07) is 19.1. The highest BCUT2D eigenvalue weighted by Gasteiger charge is 2.23. The van der Waals surface area contributed by atoms with Gasteiger partial charge >= 0.3 is 0 Å². The fraction of sp³-hybridized carbons (Fsp3) is 0.238. The highest BCUT2D eigenvalue weighted by atomic mass is 16.2. The molecule has 1 aliphatic rings. The van der Waals surface area contributed by atoms with Crippen molar-refractivity contribution in [3.05, 3.63) is 76.6 Å². The number of aromatic amines is 1. The van der Waals surface area contributed by atoms with E-state index < -0.39 is 0 Å². The van der Waals surface area contributed by atoms with E-state index in [2.05, 4.69) is 27.3 Å². The molecule has 1 fully saturated rings. The quantitative estimate of drug-likeness (QED) is 0.763. The average Bonchev–Trinajstić information content (AvgIpc) is 3.15. The van der Waals surface area contributed by atoms with Crippen molar-refractivity contribution >= 4 is 22.5 Å². The number of H-pyrrole nitrogens is 1. The van der Waals surface area contributed by atoms with Gasteiger partial charge in [-0.2, -0.15) is 0 Å². The third kappa shape index (κ3) is 3.33. The molecule has 2 N–H and O–H groups in total. The molecule has 5 nitrogen and oxygen atoms in total. The second-order valence-corrected chi connectivity index (χ2v) is 6.74. The Morgan fingerprint density at radius 3 is 2.73 bits per heavy atom. The standard InChI is InChI=1S/C21H21N3O2/c25-20-12-18(17-8-4-5-9-19(17)23-20)21(26)22-13-15-10-11-24(14-15)16-6-2-1-3-7-16/h1-9,12,15H,10-11,13-14H2,(H,22,26)(H,23,25)/t15-/m0/s1. The number of hydrogen-bond donors (Lipinski definition) is 2. The number of fused-ring (bicyclic) bond motifs is 1. The summed E-state index contributed by atoms with van der Waals surface area (Å²) in [6.07, 6.45) is 1.05. The summed E-state index contributed by atoms with van der Waals surface area (Å²) in [7, 11) is 0. The number of pyridine rings is 1. The average molecular weight is 347 g/mol. The van der Waals surface area contributed by atoms with E-state index >= 15 is 0 Å². The molecule has 4 rings (SSSR count). The van der Waals surface area contributed by atoms with Crippen LogP contribution in [0.2, 0.25) is 0 Å². The molecule has 0 radical (unpaired) electrons. The SMILES string of the molecule is O=C(NC[C@@H]1CCN(c2ccccc2)C1)c1cc(=O)[nH]c2ccccc12. The Hall–Kier alpha value is -3.08. The van der Waals surface area contributed by atoms with Gasteiger partial charge in [-0.15, -0.1) is 0 Å². The minimum absolute atomic E-state index is 0.189. The van der Waals surface area contributed by atoms with E-state index in [1.807, 2.05) is 42.5 Å². The van der Waals surface area contributed by atoms with Gasteiger partial charge in [0.2, 0.25) is 5.56 Å². The summed E-state index contributed by atoms with van der Waals surface area (Å²) in [5.41, 5.74) is 2.08. The lowest BCUT2D eigenvalue weighted by atomic mass is 10.1. The van der Waals surface area contributed by atoms with Crippen LogP contribution >= 0.6 is 0 Å². The van der Waals surface area contributed by atoms with E-state index in [4.69, 9.17) is 0 Å². The van der Waals surface area contributed by atoms with E-state index in [9.17, 15) is 9.59 Å². The molecule has 1 amide bonds. The Kier molecular flexibility index (Phi) is 4.44. The molecule has 2 heterocycles. The van der Waals surface area contributed by atoms with Crippen LogP contribution in [0, 0.1) is 5.92 Å². The largest absolute Gasteiger partial charge is 0.371 e. The smallest absolute Gasteiger partial charge is 0.252 e. The minimum Gasteiger partial charge on any atom is -0.371 e. The summed E-state index contributed by atoms with van der Waals surface area (Å²) in [5.74, 6) is 0.220. The van der Waals surface area contributed by atoms with E-state index in [0.29, 0.717) is 23.5 Å². The van der Waals surface area contributed by atoms with E-state index in [0.717, 1.165) is 24.9 Å². The predicted octanol–water partition coefficient (Wildman–Crippen LogP) is 2.78. The Morgan fingerprint density at radius 2 is 1.88 bits per heavy atom. The van der Waals surface area contributed by atoms with Crippen molar-refractivity contribution in [2.24, 2.45) is 5.92 Å². The molecule has 1 aliphatic heterocycles. The Morgan fingerprint density at radius 1 is 1.12 bits per heavy atom. The van der Waals surface area contributed by atoms with Crippen LogP contribution in [-0.2, 0) is 0 Å². The highest BCUT2D eigenvalue weighted by molar-refractivity contribution is 6.05. The number of amides is 1. The molecule has 1 atom stereocenters. The maximum absolute atomic E-state index is 12.6. The fourth-order valence-electron chi connectivity index (χ4n) is 3.60. The van der Waals surface area contributed by atoms with E-state index in [1.54, 1.807) is 0 Å². The Balaban J connectivity index is 1.43. The highest BCUT2D eigenvalue weighted by Crippen LogP contribution is 2.23.